The van der Waals surface area contributed by atoms with E-state index in [1.165, 1.54) is 23.1 Å². The third-order valence-electron chi connectivity index (χ3n) is 4.71. The monoisotopic (exact) mass is 479 g/mol. The first-order valence-electron chi connectivity index (χ1n) is 10.3. The van der Waals surface area contributed by atoms with Crippen LogP contribution in [0.25, 0.3) is 0 Å². The number of anilines is 1. The molecule has 0 aliphatic rings. The molecule has 0 saturated heterocycles. The van der Waals surface area contributed by atoms with Crippen LogP contribution in [0.3, 0.4) is 0 Å². The van der Waals surface area contributed by atoms with Gasteiger partial charge in [-0.25, -0.2) is 8.42 Å². The number of hydrogen-bond donors (Lipinski definition) is 2. The van der Waals surface area contributed by atoms with Crippen LogP contribution in [0.15, 0.2) is 89.8 Å². The Morgan fingerprint density at radius 3 is 1.59 bits per heavy atom. The largest absolute Gasteiger partial charge is 1.00 e. The maximum Gasteiger partial charge on any atom is 1.00 e. The van der Waals surface area contributed by atoms with Gasteiger partial charge in [0.1, 0.15) is 47.0 Å². The Labute approximate surface area is 211 Å². The molecular formula is C24H26LiNO7S. The number of aliphatic hydroxyl groups is 2. The second-order valence-electron chi connectivity index (χ2n) is 7.38. The van der Waals surface area contributed by atoms with Gasteiger partial charge in [-0.15, -0.1) is 0 Å². The van der Waals surface area contributed by atoms with Gasteiger partial charge in [0.25, 0.3) is 0 Å². The molecule has 0 radical (unpaired) electrons. The minimum Gasteiger partial charge on any atom is -0.744 e. The number of ether oxygens (including phenoxy) is 2. The molecule has 2 atom stereocenters. The third kappa shape index (κ3) is 8.69. The molecule has 0 aliphatic heterocycles. The molecule has 0 aliphatic carbocycles. The van der Waals surface area contributed by atoms with Gasteiger partial charge >= 0.3 is 18.9 Å². The quantitative estimate of drug-likeness (QED) is 0.258. The van der Waals surface area contributed by atoms with Crippen molar-refractivity contribution >= 4 is 15.8 Å². The van der Waals surface area contributed by atoms with E-state index >= 15 is 0 Å². The first-order valence-corrected chi connectivity index (χ1v) is 11.8. The zero-order valence-electron chi connectivity index (χ0n) is 18.9. The van der Waals surface area contributed by atoms with E-state index in [4.69, 9.17) is 9.47 Å². The zero-order chi connectivity index (χ0) is 23.7. The van der Waals surface area contributed by atoms with Gasteiger partial charge in [-0.2, -0.15) is 0 Å². The molecule has 3 aromatic carbocycles. The maximum absolute atomic E-state index is 11.8. The maximum atomic E-state index is 11.8. The molecular weight excluding hydrogens is 453 g/mol. The Hall–Kier alpha value is -2.51. The van der Waals surface area contributed by atoms with Gasteiger partial charge in [0.2, 0.25) is 0 Å². The van der Waals surface area contributed by atoms with Crippen molar-refractivity contribution in [1.82, 2.24) is 0 Å². The SMILES string of the molecule is O=S(=O)([O-])c1ccccc1N(CC(O)COc1ccccc1)CC(O)COc1ccccc1.[Li+]. The van der Waals surface area contributed by atoms with Crippen LogP contribution in [0.2, 0.25) is 0 Å². The van der Waals surface area contributed by atoms with E-state index in [1.54, 1.807) is 54.6 Å². The minimum atomic E-state index is -4.78. The predicted octanol–water partition coefficient (Wildman–Crippen LogP) is -0.719. The molecule has 8 nitrogen and oxygen atoms in total. The van der Waals surface area contributed by atoms with Crippen LogP contribution in [-0.4, -0.2) is 61.7 Å². The van der Waals surface area contributed by atoms with Crippen molar-refractivity contribution in [2.75, 3.05) is 31.2 Å². The second kappa shape index (κ2) is 13.4. The summed E-state index contributed by atoms with van der Waals surface area (Å²) in [5, 5.41) is 21.1. The van der Waals surface area contributed by atoms with Gasteiger partial charge in [0.05, 0.1) is 10.6 Å². The van der Waals surface area contributed by atoms with Crippen LogP contribution >= 0.6 is 0 Å². The molecule has 0 fully saturated rings. The van der Waals surface area contributed by atoms with E-state index in [9.17, 15) is 23.2 Å². The fourth-order valence-electron chi connectivity index (χ4n) is 3.23. The molecule has 0 spiro atoms. The Morgan fingerprint density at radius 1 is 0.735 bits per heavy atom. The Morgan fingerprint density at radius 2 is 1.15 bits per heavy atom. The number of aliphatic hydroxyl groups excluding tert-OH is 2. The molecule has 0 aromatic heterocycles. The molecule has 34 heavy (non-hydrogen) atoms. The summed E-state index contributed by atoms with van der Waals surface area (Å²) in [4.78, 5) is 1.01. The molecule has 0 bridgehead atoms. The van der Waals surface area contributed by atoms with E-state index in [-0.39, 0.29) is 50.9 Å². The van der Waals surface area contributed by atoms with Crippen molar-refractivity contribution < 1.29 is 51.5 Å². The Balaban J connectivity index is 0.00000408. The summed E-state index contributed by atoms with van der Waals surface area (Å²) in [6, 6.07) is 23.5. The van der Waals surface area contributed by atoms with Gasteiger partial charge in [0.15, 0.2) is 0 Å². The summed E-state index contributed by atoms with van der Waals surface area (Å²) < 4.78 is 46.5. The predicted molar refractivity (Wildman–Crippen MR) is 123 cm³/mol. The fourth-order valence-corrected chi connectivity index (χ4v) is 3.93. The van der Waals surface area contributed by atoms with E-state index in [0.29, 0.717) is 11.5 Å². The molecule has 176 valence electrons. The zero-order valence-corrected chi connectivity index (χ0v) is 19.7. The summed E-state index contributed by atoms with van der Waals surface area (Å²) in [6.45, 7) is -0.295. The summed E-state index contributed by atoms with van der Waals surface area (Å²) >= 11 is 0. The van der Waals surface area contributed by atoms with E-state index in [2.05, 4.69) is 0 Å². The van der Waals surface area contributed by atoms with Crippen LogP contribution in [0.5, 0.6) is 11.5 Å². The van der Waals surface area contributed by atoms with Gasteiger partial charge in [-0.1, -0.05) is 48.5 Å². The Bertz CT molecular complexity index is 1050. The molecule has 2 unspecified atom stereocenters. The summed E-state index contributed by atoms with van der Waals surface area (Å²) in [6.07, 6.45) is -2.07. The molecule has 3 rings (SSSR count). The minimum absolute atomic E-state index is 0. The van der Waals surface area contributed by atoms with Gasteiger partial charge in [-0.05, 0) is 36.4 Å². The first kappa shape index (κ1) is 27.7. The van der Waals surface area contributed by atoms with Gasteiger partial charge < -0.3 is 29.1 Å². The van der Waals surface area contributed by atoms with Crippen LogP contribution in [0, 0.1) is 0 Å². The average molecular weight is 479 g/mol. The van der Waals surface area contributed by atoms with Crippen molar-refractivity contribution in [3.63, 3.8) is 0 Å². The molecule has 0 saturated carbocycles. The number of hydrogen-bond acceptors (Lipinski definition) is 8. The number of benzene rings is 3. The van der Waals surface area contributed by atoms with Crippen LogP contribution in [0.4, 0.5) is 5.69 Å². The fraction of sp³-hybridized carbons (Fsp3) is 0.250. The van der Waals surface area contributed by atoms with E-state index in [0.717, 1.165) is 0 Å². The van der Waals surface area contributed by atoms with Crippen molar-refractivity contribution in [3.05, 3.63) is 84.9 Å². The smallest absolute Gasteiger partial charge is 0.744 e. The van der Waals surface area contributed by atoms with Crippen LogP contribution in [-0.2, 0) is 10.1 Å². The second-order valence-corrected chi connectivity index (χ2v) is 8.73. The van der Waals surface area contributed by atoms with Crippen LogP contribution < -0.4 is 33.2 Å². The van der Waals surface area contributed by atoms with Crippen LogP contribution in [0.1, 0.15) is 0 Å². The van der Waals surface area contributed by atoms with Gasteiger partial charge in [-0.3, -0.25) is 0 Å². The number of rotatable bonds is 12. The normalized spacial score (nSPS) is 12.8. The molecule has 3 aromatic rings. The number of nitrogens with zero attached hydrogens (tertiary/aromatic N) is 1. The summed E-state index contributed by atoms with van der Waals surface area (Å²) in [5.74, 6) is 1.14. The standard InChI is InChI=1S/C24H27NO7S.Li/c26-19(17-31-21-9-3-1-4-10-21)15-25(23-13-7-8-14-24(23)33(28,29)30)16-20(27)18-32-22-11-5-2-6-12-22;/h1-14,19-20,26-27H,15-18H2,(H,28,29,30);/q;+1/p-1. The van der Waals surface area contributed by atoms with E-state index < -0.39 is 27.2 Å². The van der Waals surface area contributed by atoms with E-state index in [1.807, 2.05) is 12.1 Å². The van der Waals surface area contributed by atoms with Crippen molar-refractivity contribution in [3.8, 4) is 11.5 Å². The number of para-hydroxylation sites is 3. The third-order valence-corrected chi connectivity index (χ3v) is 5.59. The topological polar surface area (TPSA) is 119 Å². The molecule has 10 heteroatoms. The molecule has 0 amide bonds. The average Bonchev–Trinajstić information content (AvgIpc) is 2.82. The Kier molecular flexibility index (Phi) is 10.9. The summed E-state index contributed by atoms with van der Waals surface area (Å²) in [5.41, 5.74) is 0.0880. The molecule has 0 heterocycles. The first-order chi connectivity index (χ1) is 15.8. The van der Waals surface area contributed by atoms with Crippen molar-refractivity contribution in [1.29, 1.82) is 0 Å². The summed E-state index contributed by atoms with van der Waals surface area (Å²) in [7, 11) is -4.78. The van der Waals surface area contributed by atoms with Crippen molar-refractivity contribution in [2.45, 2.75) is 17.1 Å². The molecule has 2 N–H and O–H groups in total. The van der Waals surface area contributed by atoms with Gasteiger partial charge in [0, 0.05) is 13.1 Å². The van der Waals surface area contributed by atoms with Crippen molar-refractivity contribution in [2.24, 2.45) is 0 Å².